The van der Waals surface area contributed by atoms with Crippen LogP contribution in [-0.2, 0) is 4.79 Å². The summed E-state index contributed by atoms with van der Waals surface area (Å²) in [5.74, 6) is 2.01. The summed E-state index contributed by atoms with van der Waals surface area (Å²) in [6.45, 7) is 2.73. The Morgan fingerprint density at radius 1 is 1.30 bits per heavy atom. The number of nitrogens with zero attached hydrogens (tertiary/aromatic N) is 4. The molecule has 2 saturated heterocycles. The maximum Gasteiger partial charge on any atom is 0.220 e. The van der Waals surface area contributed by atoms with E-state index in [0.717, 1.165) is 44.1 Å². The SMILES string of the molecule is CN(C)c1cncc(N2CCC3(CC2)CNC(=O)C3)n1. The Hall–Kier alpha value is -1.85. The van der Waals surface area contributed by atoms with Crippen molar-refractivity contribution in [3.8, 4) is 0 Å². The van der Waals surface area contributed by atoms with E-state index in [0.29, 0.717) is 6.42 Å². The first kappa shape index (κ1) is 13.1. The molecule has 0 aliphatic carbocycles. The van der Waals surface area contributed by atoms with Crippen LogP contribution in [0.1, 0.15) is 19.3 Å². The molecule has 2 fully saturated rings. The van der Waals surface area contributed by atoms with Gasteiger partial charge in [0.2, 0.25) is 5.91 Å². The van der Waals surface area contributed by atoms with Crippen molar-refractivity contribution < 1.29 is 4.79 Å². The third-order valence-electron chi connectivity index (χ3n) is 4.41. The molecule has 0 unspecified atom stereocenters. The zero-order chi connectivity index (χ0) is 14.2. The number of hydrogen-bond donors (Lipinski definition) is 1. The summed E-state index contributed by atoms with van der Waals surface area (Å²) in [5.41, 5.74) is 0.181. The molecule has 0 radical (unpaired) electrons. The van der Waals surface area contributed by atoms with E-state index >= 15 is 0 Å². The van der Waals surface area contributed by atoms with Gasteiger partial charge in [-0.25, -0.2) is 4.98 Å². The Labute approximate surface area is 119 Å². The lowest BCUT2D eigenvalue weighted by molar-refractivity contribution is -0.119. The Kier molecular flexibility index (Phi) is 3.23. The number of carbonyl (C=O) groups excluding carboxylic acids is 1. The molecule has 0 saturated carbocycles. The van der Waals surface area contributed by atoms with Crippen LogP contribution in [0.2, 0.25) is 0 Å². The summed E-state index contributed by atoms with van der Waals surface area (Å²) in [7, 11) is 3.93. The number of rotatable bonds is 2. The molecule has 6 heteroatoms. The lowest BCUT2D eigenvalue weighted by atomic mass is 9.78. The fraction of sp³-hybridized carbons (Fsp3) is 0.643. The van der Waals surface area contributed by atoms with Gasteiger partial charge in [-0.05, 0) is 18.3 Å². The Balaban J connectivity index is 1.69. The van der Waals surface area contributed by atoms with E-state index in [1.807, 2.05) is 25.2 Å². The molecule has 1 amide bonds. The van der Waals surface area contributed by atoms with Gasteiger partial charge >= 0.3 is 0 Å². The zero-order valence-electron chi connectivity index (χ0n) is 12.1. The van der Waals surface area contributed by atoms with Crippen molar-refractivity contribution in [2.75, 3.05) is 43.5 Å². The third kappa shape index (κ3) is 2.42. The predicted molar refractivity (Wildman–Crippen MR) is 77.9 cm³/mol. The number of nitrogens with one attached hydrogen (secondary N) is 1. The number of amides is 1. The fourth-order valence-electron chi connectivity index (χ4n) is 3.03. The first-order chi connectivity index (χ1) is 9.58. The highest BCUT2D eigenvalue weighted by molar-refractivity contribution is 5.79. The van der Waals surface area contributed by atoms with E-state index in [1.165, 1.54) is 0 Å². The van der Waals surface area contributed by atoms with E-state index in [-0.39, 0.29) is 11.3 Å². The van der Waals surface area contributed by atoms with Crippen LogP contribution in [0.3, 0.4) is 0 Å². The van der Waals surface area contributed by atoms with Crippen LogP contribution in [0.4, 0.5) is 11.6 Å². The first-order valence-corrected chi connectivity index (χ1v) is 7.09. The number of anilines is 2. The first-order valence-electron chi connectivity index (χ1n) is 7.09. The summed E-state index contributed by atoms with van der Waals surface area (Å²) < 4.78 is 0. The molecule has 6 nitrogen and oxygen atoms in total. The van der Waals surface area contributed by atoms with Gasteiger partial charge in [-0.15, -0.1) is 0 Å². The van der Waals surface area contributed by atoms with Gasteiger partial charge in [0.15, 0.2) is 0 Å². The molecule has 108 valence electrons. The molecule has 2 aliphatic rings. The second-order valence-electron chi connectivity index (χ2n) is 6.07. The van der Waals surface area contributed by atoms with Crippen LogP contribution in [0.25, 0.3) is 0 Å². The zero-order valence-corrected chi connectivity index (χ0v) is 12.1. The number of piperidine rings is 1. The topological polar surface area (TPSA) is 61.4 Å². The molecule has 0 bridgehead atoms. The second-order valence-corrected chi connectivity index (χ2v) is 6.07. The summed E-state index contributed by atoms with van der Waals surface area (Å²) in [5, 5.41) is 2.97. The van der Waals surface area contributed by atoms with Crippen molar-refractivity contribution in [2.24, 2.45) is 5.41 Å². The van der Waals surface area contributed by atoms with Gasteiger partial charge in [0.1, 0.15) is 11.6 Å². The van der Waals surface area contributed by atoms with Crippen molar-refractivity contribution in [3.63, 3.8) is 0 Å². The van der Waals surface area contributed by atoms with E-state index in [1.54, 1.807) is 6.20 Å². The maximum absolute atomic E-state index is 11.4. The normalized spacial score (nSPS) is 21.1. The minimum atomic E-state index is 0.181. The van der Waals surface area contributed by atoms with Crippen molar-refractivity contribution in [1.82, 2.24) is 15.3 Å². The molecule has 1 N–H and O–H groups in total. The Morgan fingerprint density at radius 2 is 2.05 bits per heavy atom. The van der Waals surface area contributed by atoms with Gasteiger partial charge in [0.25, 0.3) is 0 Å². The summed E-state index contributed by atoms with van der Waals surface area (Å²) in [4.78, 5) is 24.6. The van der Waals surface area contributed by atoms with Gasteiger partial charge in [-0.2, -0.15) is 0 Å². The van der Waals surface area contributed by atoms with Gasteiger partial charge < -0.3 is 15.1 Å². The molecule has 3 rings (SSSR count). The molecule has 0 aromatic carbocycles. The minimum absolute atomic E-state index is 0.181. The average molecular weight is 275 g/mol. The monoisotopic (exact) mass is 275 g/mol. The maximum atomic E-state index is 11.4. The Bertz CT molecular complexity index is 508. The Morgan fingerprint density at radius 3 is 2.65 bits per heavy atom. The van der Waals surface area contributed by atoms with Gasteiger partial charge in [0, 0.05) is 40.2 Å². The van der Waals surface area contributed by atoms with Gasteiger partial charge in [0.05, 0.1) is 12.4 Å². The minimum Gasteiger partial charge on any atom is -0.361 e. The van der Waals surface area contributed by atoms with Crippen LogP contribution >= 0.6 is 0 Å². The largest absolute Gasteiger partial charge is 0.361 e. The molecule has 1 spiro atoms. The quantitative estimate of drug-likeness (QED) is 0.858. The fourth-order valence-corrected chi connectivity index (χ4v) is 3.03. The van der Waals surface area contributed by atoms with Crippen molar-refractivity contribution in [2.45, 2.75) is 19.3 Å². The van der Waals surface area contributed by atoms with Crippen LogP contribution in [0.15, 0.2) is 12.4 Å². The lowest BCUT2D eigenvalue weighted by Gasteiger charge is -2.38. The predicted octanol–water partition coefficient (Wildman–Crippen LogP) is 0.649. The second kappa shape index (κ2) is 4.92. The van der Waals surface area contributed by atoms with E-state index in [2.05, 4.69) is 20.2 Å². The molecule has 2 aliphatic heterocycles. The van der Waals surface area contributed by atoms with Gasteiger partial charge in [-0.3, -0.25) is 9.78 Å². The van der Waals surface area contributed by atoms with Crippen molar-refractivity contribution in [3.05, 3.63) is 12.4 Å². The van der Waals surface area contributed by atoms with Crippen LogP contribution in [0.5, 0.6) is 0 Å². The standard InChI is InChI=1S/C14H21N5O/c1-18(2)11-8-15-9-12(17-11)19-5-3-14(4-6-19)7-13(20)16-10-14/h8-9H,3-7,10H2,1-2H3,(H,16,20). The molecule has 0 atom stereocenters. The van der Waals surface area contributed by atoms with Crippen LogP contribution < -0.4 is 15.1 Å². The molecule has 1 aromatic heterocycles. The third-order valence-corrected chi connectivity index (χ3v) is 4.41. The van der Waals surface area contributed by atoms with Gasteiger partial charge in [-0.1, -0.05) is 0 Å². The highest BCUT2D eigenvalue weighted by atomic mass is 16.1. The smallest absolute Gasteiger partial charge is 0.220 e. The van der Waals surface area contributed by atoms with Crippen LogP contribution in [-0.4, -0.2) is 49.6 Å². The summed E-state index contributed by atoms with van der Waals surface area (Å²) >= 11 is 0. The number of hydrogen-bond acceptors (Lipinski definition) is 5. The lowest BCUT2D eigenvalue weighted by Crippen LogP contribution is -2.41. The molecular weight excluding hydrogens is 254 g/mol. The number of aromatic nitrogens is 2. The van der Waals surface area contributed by atoms with Crippen molar-refractivity contribution in [1.29, 1.82) is 0 Å². The highest BCUT2D eigenvalue weighted by Gasteiger charge is 2.41. The molecular formula is C14H21N5O. The average Bonchev–Trinajstić information content (AvgIpc) is 2.81. The van der Waals surface area contributed by atoms with Crippen molar-refractivity contribution >= 4 is 17.5 Å². The number of carbonyl (C=O) groups is 1. The van der Waals surface area contributed by atoms with E-state index in [9.17, 15) is 4.79 Å². The molecule has 3 heterocycles. The van der Waals surface area contributed by atoms with Crippen LogP contribution in [0, 0.1) is 5.41 Å². The highest BCUT2D eigenvalue weighted by Crippen LogP contribution is 2.38. The summed E-state index contributed by atoms with van der Waals surface area (Å²) in [6, 6.07) is 0. The molecule has 20 heavy (non-hydrogen) atoms. The van der Waals surface area contributed by atoms with E-state index < -0.39 is 0 Å². The summed E-state index contributed by atoms with van der Waals surface area (Å²) in [6.07, 6.45) is 6.36. The van der Waals surface area contributed by atoms with E-state index in [4.69, 9.17) is 0 Å². The molecule has 1 aromatic rings.